The van der Waals surface area contributed by atoms with Gasteiger partial charge in [-0.25, -0.2) is 0 Å². The number of nitrogens with one attached hydrogen (secondary N) is 1. The Morgan fingerprint density at radius 1 is 1.26 bits per heavy atom. The molecule has 0 saturated heterocycles. The smallest absolute Gasteiger partial charge is 0.228 e. The minimum atomic E-state index is 0.243. The molecule has 0 aromatic heterocycles. The van der Waals surface area contributed by atoms with Crippen LogP contribution in [0.2, 0.25) is 0 Å². The van der Waals surface area contributed by atoms with Gasteiger partial charge in [0.05, 0.1) is 0 Å². The van der Waals surface area contributed by atoms with Crippen molar-refractivity contribution in [3.8, 4) is 0 Å². The van der Waals surface area contributed by atoms with Crippen LogP contribution in [-0.2, 0) is 11.2 Å². The number of fused-ring (bicyclic) bond motifs is 1. The number of para-hydroxylation sites is 1. The predicted molar refractivity (Wildman–Crippen MR) is 79.5 cm³/mol. The summed E-state index contributed by atoms with van der Waals surface area (Å²) in [5.74, 6) is 0.243. The SMILES string of the molecule is CCCCCNCCC(=O)N1CCc2ccccc21. The van der Waals surface area contributed by atoms with E-state index in [1.165, 1.54) is 24.8 Å². The third kappa shape index (κ3) is 3.80. The second-order valence-corrected chi connectivity index (χ2v) is 5.13. The third-order valence-corrected chi connectivity index (χ3v) is 3.66. The van der Waals surface area contributed by atoms with Crippen LogP contribution < -0.4 is 10.2 Å². The Labute approximate surface area is 116 Å². The van der Waals surface area contributed by atoms with Gasteiger partial charge in [-0.3, -0.25) is 4.79 Å². The number of carbonyl (C=O) groups is 1. The first-order valence-corrected chi connectivity index (χ1v) is 7.42. The average Bonchev–Trinajstić information content (AvgIpc) is 2.86. The molecule has 1 heterocycles. The maximum atomic E-state index is 12.2. The summed E-state index contributed by atoms with van der Waals surface area (Å²) >= 11 is 0. The van der Waals surface area contributed by atoms with Crippen molar-refractivity contribution in [3.63, 3.8) is 0 Å². The number of rotatable bonds is 7. The highest BCUT2D eigenvalue weighted by molar-refractivity contribution is 5.95. The molecular formula is C16H24N2O. The quantitative estimate of drug-likeness (QED) is 0.765. The number of hydrogen-bond donors (Lipinski definition) is 1. The van der Waals surface area contributed by atoms with Crippen molar-refractivity contribution in [2.45, 2.75) is 39.0 Å². The molecule has 0 atom stereocenters. The van der Waals surface area contributed by atoms with Gasteiger partial charge >= 0.3 is 0 Å². The first-order chi connectivity index (χ1) is 9.33. The molecule has 104 valence electrons. The molecule has 19 heavy (non-hydrogen) atoms. The normalized spacial score (nSPS) is 13.6. The lowest BCUT2D eigenvalue weighted by Crippen LogP contribution is -2.31. The number of benzene rings is 1. The molecule has 1 aliphatic rings. The van der Waals surface area contributed by atoms with E-state index in [9.17, 15) is 4.79 Å². The van der Waals surface area contributed by atoms with Crippen molar-refractivity contribution in [2.24, 2.45) is 0 Å². The number of amides is 1. The molecule has 1 N–H and O–H groups in total. The highest BCUT2D eigenvalue weighted by Gasteiger charge is 2.23. The first-order valence-electron chi connectivity index (χ1n) is 7.42. The Kier molecular flexibility index (Phi) is 5.40. The van der Waals surface area contributed by atoms with Gasteiger partial charge in [-0.2, -0.15) is 0 Å². The third-order valence-electron chi connectivity index (χ3n) is 3.66. The van der Waals surface area contributed by atoms with Crippen LogP contribution in [0.4, 0.5) is 5.69 Å². The van der Waals surface area contributed by atoms with Gasteiger partial charge < -0.3 is 10.2 Å². The molecule has 2 rings (SSSR count). The summed E-state index contributed by atoms with van der Waals surface area (Å²) in [4.78, 5) is 14.1. The predicted octanol–water partition coefficient (Wildman–Crippen LogP) is 2.75. The molecule has 0 saturated carbocycles. The van der Waals surface area contributed by atoms with E-state index in [1.807, 2.05) is 17.0 Å². The van der Waals surface area contributed by atoms with Gasteiger partial charge in [0.1, 0.15) is 0 Å². The highest BCUT2D eigenvalue weighted by atomic mass is 16.2. The molecule has 0 spiro atoms. The fraction of sp³-hybridized carbons (Fsp3) is 0.562. The van der Waals surface area contributed by atoms with E-state index in [0.717, 1.165) is 31.7 Å². The Morgan fingerprint density at radius 2 is 2.11 bits per heavy atom. The average molecular weight is 260 g/mol. The molecule has 0 radical (unpaired) electrons. The maximum Gasteiger partial charge on any atom is 0.228 e. The van der Waals surface area contributed by atoms with E-state index in [1.54, 1.807) is 0 Å². The fourth-order valence-electron chi connectivity index (χ4n) is 2.55. The molecule has 0 fully saturated rings. The monoisotopic (exact) mass is 260 g/mol. The van der Waals surface area contributed by atoms with Gasteiger partial charge in [0.2, 0.25) is 5.91 Å². The van der Waals surface area contributed by atoms with E-state index in [-0.39, 0.29) is 5.91 Å². The lowest BCUT2D eigenvalue weighted by Gasteiger charge is -2.17. The summed E-state index contributed by atoms with van der Waals surface area (Å²) in [6.07, 6.45) is 5.30. The van der Waals surface area contributed by atoms with Crippen LogP contribution in [0.15, 0.2) is 24.3 Å². The number of unbranched alkanes of at least 4 members (excludes halogenated alkanes) is 2. The van der Waals surface area contributed by atoms with Gasteiger partial charge in [0.15, 0.2) is 0 Å². The summed E-state index contributed by atoms with van der Waals surface area (Å²) in [6.45, 7) is 4.86. The van der Waals surface area contributed by atoms with Crippen molar-refractivity contribution in [3.05, 3.63) is 29.8 Å². The molecule has 3 nitrogen and oxygen atoms in total. The Balaban J connectivity index is 1.73. The van der Waals surface area contributed by atoms with Gasteiger partial charge in [0.25, 0.3) is 0 Å². The maximum absolute atomic E-state index is 12.2. The van der Waals surface area contributed by atoms with Crippen LogP contribution in [0, 0.1) is 0 Å². The topological polar surface area (TPSA) is 32.3 Å². The van der Waals surface area contributed by atoms with Crippen LogP contribution in [0.25, 0.3) is 0 Å². The van der Waals surface area contributed by atoms with E-state index in [2.05, 4.69) is 24.4 Å². The Hall–Kier alpha value is -1.35. The van der Waals surface area contributed by atoms with Crippen molar-refractivity contribution >= 4 is 11.6 Å². The summed E-state index contributed by atoms with van der Waals surface area (Å²) in [5, 5.41) is 3.35. The standard InChI is InChI=1S/C16H24N2O/c1-2-3-6-11-17-12-9-16(19)18-13-10-14-7-4-5-8-15(14)18/h4-5,7-8,17H,2-3,6,9-13H2,1H3. The zero-order valence-corrected chi connectivity index (χ0v) is 11.8. The molecule has 1 aromatic rings. The number of nitrogens with zero attached hydrogens (tertiary/aromatic N) is 1. The van der Waals surface area contributed by atoms with Gasteiger partial charge in [-0.05, 0) is 31.0 Å². The van der Waals surface area contributed by atoms with Gasteiger partial charge in [-0.1, -0.05) is 38.0 Å². The summed E-state index contributed by atoms with van der Waals surface area (Å²) in [6, 6.07) is 8.22. The summed E-state index contributed by atoms with van der Waals surface area (Å²) < 4.78 is 0. The van der Waals surface area contributed by atoms with E-state index < -0.39 is 0 Å². The fourth-order valence-corrected chi connectivity index (χ4v) is 2.55. The van der Waals surface area contributed by atoms with E-state index >= 15 is 0 Å². The van der Waals surface area contributed by atoms with Gasteiger partial charge in [-0.15, -0.1) is 0 Å². The van der Waals surface area contributed by atoms with Crippen molar-refractivity contribution in [1.82, 2.24) is 5.32 Å². The minimum absolute atomic E-state index is 0.243. The molecule has 1 aliphatic heterocycles. The van der Waals surface area contributed by atoms with Crippen LogP contribution in [-0.4, -0.2) is 25.5 Å². The van der Waals surface area contributed by atoms with Gasteiger partial charge in [0, 0.05) is 25.2 Å². The summed E-state index contributed by atoms with van der Waals surface area (Å²) in [5.41, 5.74) is 2.41. The first kappa shape index (κ1) is 14.1. The second kappa shape index (κ2) is 7.29. The zero-order valence-electron chi connectivity index (χ0n) is 11.8. The minimum Gasteiger partial charge on any atom is -0.316 e. The molecule has 1 aromatic carbocycles. The molecule has 0 unspecified atom stereocenters. The zero-order chi connectivity index (χ0) is 13.5. The van der Waals surface area contributed by atoms with Crippen molar-refractivity contribution in [2.75, 3.05) is 24.5 Å². The molecule has 3 heteroatoms. The largest absolute Gasteiger partial charge is 0.316 e. The highest BCUT2D eigenvalue weighted by Crippen LogP contribution is 2.27. The number of hydrogen-bond acceptors (Lipinski definition) is 2. The molecular weight excluding hydrogens is 236 g/mol. The Morgan fingerprint density at radius 3 is 2.95 bits per heavy atom. The lowest BCUT2D eigenvalue weighted by molar-refractivity contribution is -0.118. The Bertz CT molecular complexity index is 417. The van der Waals surface area contributed by atoms with Crippen molar-refractivity contribution in [1.29, 1.82) is 0 Å². The lowest BCUT2D eigenvalue weighted by atomic mass is 10.2. The van der Waals surface area contributed by atoms with E-state index in [4.69, 9.17) is 0 Å². The molecule has 0 bridgehead atoms. The second-order valence-electron chi connectivity index (χ2n) is 5.13. The number of anilines is 1. The molecule has 0 aliphatic carbocycles. The van der Waals surface area contributed by atoms with Crippen LogP contribution >= 0.6 is 0 Å². The number of carbonyl (C=O) groups excluding carboxylic acids is 1. The van der Waals surface area contributed by atoms with Crippen LogP contribution in [0.1, 0.15) is 38.2 Å². The van der Waals surface area contributed by atoms with Crippen LogP contribution in [0.5, 0.6) is 0 Å². The molecule has 1 amide bonds. The van der Waals surface area contributed by atoms with Crippen LogP contribution in [0.3, 0.4) is 0 Å². The summed E-state index contributed by atoms with van der Waals surface area (Å²) in [7, 11) is 0. The van der Waals surface area contributed by atoms with E-state index in [0.29, 0.717) is 6.42 Å². The van der Waals surface area contributed by atoms with Crippen molar-refractivity contribution < 1.29 is 4.79 Å².